The molecule has 0 aliphatic heterocycles. The van der Waals surface area contributed by atoms with Crippen molar-refractivity contribution in [2.45, 2.75) is 40.3 Å². The van der Waals surface area contributed by atoms with Crippen molar-refractivity contribution in [1.29, 1.82) is 0 Å². The standard InChI is InChI=1S/C33H36BrP/c1-23-24(2)26(4)33(27(5)25(23)3)35(34,30-16-8-6-9-17-30,31-18-10-7-11-19-31)32-21-20-28-14-12-13-15-29(28)22-32/h6-24,26,33H,1-5H3. The minimum atomic E-state index is -3.16. The van der Waals surface area contributed by atoms with Crippen molar-refractivity contribution in [3.05, 3.63) is 114 Å². The molecule has 0 saturated heterocycles. The van der Waals surface area contributed by atoms with Crippen molar-refractivity contribution in [3.8, 4) is 0 Å². The Balaban J connectivity index is 2.00. The molecule has 0 nitrogen and oxygen atoms in total. The first-order valence-electron chi connectivity index (χ1n) is 12.8. The third kappa shape index (κ3) is 3.50. The van der Waals surface area contributed by atoms with Gasteiger partial charge in [0.15, 0.2) is 0 Å². The van der Waals surface area contributed by atoms with E-state index < -0.39 is 5.31 Å². The Kier molecular flexibility index (Phi) is 6.31. The topological polar surface area (TPSA) is 0 Å². The Labute approximate surface area is 219 Å². The molecule has 0 amide bonds. The van der Waals surface area contributed by atoms with Gasteiger partial charge >= 0.3 is 220 Å². The molecule has 0 radical (unpaired) electrons. The maximum absolute atomic E-state index is 4.82. The van der Waals surface area contributed by atoms with E-state index in [0.717, 1.165) is 0 Å². The number of halogens is 1. The molecule has 0 aromatic heterocycles. The Morgan fingerprint density at radius 1 is 0.543 bits per heavy atom. The summed E-state index contributed by atoms with van der Waals surface area (Å²) in [4.78, 5) is 0. The molecule has 0 bridgehead atoms. The fourth-order valence-electron chi connectivity index (χ4n) is 6.75. The summed E-state index contributed by atoms with van der Waals surface area (Å²) in [6.07, 6.45) is 0. The monoisotopic (exact) mass is 542 g/mol. The van der Waals surface area contributed by atoms with Crippen LogP contribution < -0.4 is 15.9 Å². The fourth-order valence-corrected chi connectivity index (χ4v) is 17.1. The molecule has 0 N–H and O–H groups in total. The van der Waals surface area contributed by atoms with Crippen LogP contribution in [0.1, 0.15) is 34.6 Å². The second-order valence-electron chi connectivity index (χ2n) is 10.6. The summed E-state index contributed by atoms with van der Waals surface area (Å²) in [6.45, 7) is 12.2. The van der Waals surface area contributed by atoms with Crippen molar-refractivity contribution in [3.63, 3.8) is 0 Å². The third-order valence-corrected chi connectivity index (χ3v) is 20.0. The summed E-state index contributed by atoms with van der Waals surface area (Å²) < 4.78 is 0. The molecule has 0 heterocycles. The number of hydrogen-bond donors (Lipinski definition) is 0. The van der Waals surface area contributed by atoms with E-state index in [4.69, 9.17) is 15.5 Å². The van der Waals surface area contributed by atoms with E-state index in [1.165, 1.54) is 26.7 Å². The molecule has 2 heteroatoms. The van der Waals surface area contributed by atoms with Gasteiger partial charge in [0.2, 0.25) is 0 Å². The average molecular weight is 544 g/mol. The van der Waals surface area contributed by atoms with Crippen LogP contribution in [0.2, 0.25) is 0 Å². The first-order valence-corrected chi connectivity index (χ1v) is 17.1. The summed E-state index contributed by atoms with van der Waals surface area (Å²) in [5.74, 6) is 1.69. The molecule has 1 aliphatic carbocycles. The van der Waals surface area contributed by atoms with Crippen molar-refractivity contribution >= 4 is 47.5 Å². The number of rotatable bonds is 4. The van der Waals surface area contributed by atoms with Gasteiger partial charge in [-0.05, 0) is 0 Å². The molecule has 0 saturated carbocycles. The van der Waals surface area contributed by atoms with Crippen LogP contribution in [0.25, 0.3) is 10.8 Å². The van der Waals surface area contributed by atoms with Gasteiger partial charge < -0.3 is 0 Å². The summed E-state index contributed by atoms with van der Waals surface area (Å²) in [6, 6.07) is 38.6. The van der Waals surface area contributed by atoms with Gasteiger partial charge in [0.1, 0.15) is 0 Å². The van der Waals surface area contributed by atoms with E-state index in [-0.39, 0.29) is 0 Å². The Morgan fingerprint density at radius 2 is 1.06 bits per heavy atom. The van der Waals surface area contributed by atoms with Crippen LogP contribution in [0.3, 0.4) is 0 Å². The van der Waals surface area contributed by atoms with Crippen LogP contribution >= 0.6 is 20.8 Å². The molecule has 0 fully saturated rings. The molecule has 4 atom stereocenters. The molecule has 4 aromatic carbocycles. The summed E-state index contributed by atoms with van der Waals surface area (Å²) in [7, 11) is 0. The van der Waals surface area contributed by atoms with Gasteiger partial charge in [-0.3, -0.25) is 0 Å². The van der Waals surface area contributed by atoms with E-state index in [1.54, 1.807) is 11.1 Å². The van der Waals surface area contributed by atoms with Crippen molar-refractivity contribution in [2.24, 2.45) is 17.8 Å². The van der Waals surface area contributed by atoms with E-state index in [0.29, 0.717) is 23.4 Å². The second kappa shape index (κ2) is 9.02. The van der Waals surface area contributed by atoms with Crippen LogP contribution in [0.4, 0.5) is 0 Å². The number of hydrogen-bond acceptors (Lipinski definition) is 0. The van der Waals surface area contributed by atoms with Crippen LogP contribution in [0, 0.1) is 17.8 Å². The van der Waals surface area contributed by atoms with E-state index in [2.05, 4.69) is 138 Å². The zero-order chi connectivity index (χ0) is 24.8. The molecule has 4 aromatic rings. The molecule has 1 aliphatic rings. The van der Waals surface area contributed by atoms with E-state index in [1.807, 2.05) is 0 Å². The predicted octanol–water partition coefficient (Wildman–Crippen LogP) is 8.61. The first-order chi connectivity index (χ1) is 16.8. The summed E-state index contributed by atoms with van der Waals surface area (Å²) in [5.41, 5.74) is 3.47. The third-order valence-electron chi connectivity index (χ3n) is 9.15. The molecular weight excluding hydrogens is 507 g/mol. The van der Waals surface area contributed by atoms with Crippen molar-refractivity contribution in [2.75, 3.05) is 0 Å². The van der Waals surface area contributed by atoms with Crippen LogP contribution in [-0.4, -0.2) is 5.66 Å². The number of fused-ring (bicyclic) bond motifs is 1. The molecule has 5 rings (SSSR count). The zero-order valence-corrected chi connectivity index (χ0v) is 23.9. The Bertz CT molecular complexity index is 1350. The van der Waals surface area contributed by atoms with Crippen LogP contribution in [0.5, 0.6) is 0 Å². The van der Waals surface area contributed by atoms with Gasteiger partial charge in [0.05, 0.1) is 0 Å². The van der Waals surface area contributed by atoms with E-state index >= 15 is 0 Å². The normalized spacial score (nSPS) is 24.2. The minimum absolute atomic E-state index is 0.359. The summed E-state index contributed by atoms with van der Waals surface area (Å²) in [5, 5.41) is 3.66. The van der Waals surface area contributed by atoms with Gasteiger partial charge in [-0.2, -0.15) is 0 Å². The summed E-state index contributed by atoms with van der Waals surface area (Å²) >= 11 is 4.82. The fraction of sp³-hybridized carbons (Fsp3) is 0.273. The molecule has 35 heavy (non-hydrogen) atoms. The Hall–Kier alpha value is -2.21. The van der Waals surface area contributed by atoms with Gasteiger partial charge in [-0.1, -0.05) is 0 Å². The molecule has 180 valence electrons. The number of benzene rings is 4. The zero-order valence-electron chi connectivity index (χ0n) is 21.4. The van der Waals surface area contributed by atoms with Crippen LogP contribution in [0.15, 0.2) is 114 Å². The predicted molar refractivity (Wildman–Crippen MR) is 161 cm³/mol. The molecule has 4 unspecified atom stereocenters. The molecule has 0 spiro atoms. The molecular formula is C33H36BrP. The van der Waals surface area contributed by atoms with Crippen molar-refractivity contribution < 1.29 is 0 Å². The number of allylic oxidation sites excluding steroid dienone is 2. The Morgan fingerprint density at radius 3 is 1.63 bits per heavy atom. The maximum atomic E-state index is 4.82. The van der Waals surface area contributed by atoms with Crippen molar-refractivity contribution in [1.82, 2.24) is 0 Å². The van der Waals surface area contributed by atoms with Gasteiger partial charge in [-0.15, -0.1) is 0 Å². The van der Waals surface area contributed by atoms with E-state index in [9.17, 15) is 0 Å². The van der Waals surface area contributed by atoms with Gasteiger partial charge in [0, 0.05) is 0 Å². The first kappa shape index (κ1) is 24.5. The second-order valence-corrected chi connectivity index (χ2v) is 19.3. The van der Waals surface area contributed by atoms with Crippen LogP contribution in [-0.2, 0) is 0 Å². The SMILES string of the molecule is CC1=C(C)C(P(Br)(c2ccccc2)(c2ccccc2)c2ccc3ccccc3c2)C(C)C(C)C1C. The van der Waals surface area contributed by atoms with Gasteiger partial charge in [0.25, 0.3) is 0 Å². The van der Waals surface area contributed by atoms with Gasteiger partial charge in [-0.25, -0.2) is 0 Å². The average Bonchev–Trinajstić information content (AvgIpc) is 2.91. The quantitative estimate of drug-likeness (QED) is 0.179.